The topological polar surface area (TPSA) is 448 Å². The van der Waals surface area contributed by atoms with Crippen molar-refractivity contribution in [2.24, 2.45) is 0 Å². The number of carbonyl (C=O) groups excluding carboxylic acids is 13. The van der Waals surface area contributed by atoms with Crippen molar-refractivity contribution in [3.05, 3.63) is 71.3 Å². The molecule has 2 aromatic carbocycles. The predicted molar refractivity (Wildman–Crippen MR) is 326 cm³/mol. The van der Waals surface area contributed by atoms with E-state index in [1.54, 1.807) is 30.3 Å². The Morgan fingerprint density at radius 2 is 0.806 bits per heavy atom. The number of nitrogens with zero attached hydrogens (tertiary/aromatic N) is 1. The molecular weight excluding hydrogens is 1380 g/mol. The largest absolute Gasteiger partial charge is 0.463 e. The number of ether oxygens (including phenoxy) is 22. The van der Waals surface area contributed by atoms with Crippen molar-refractivity contribution in [2.45, 2.75) is 230 Å². The molecule has 2 bridgehead atoms. The summed E-state index contributed by atoms with van der Waals surface area (Å²) in [6.45, 7) is 7.00. The zero-order valence-electron chi connectivity index (χ0n) is 57.5. The third kappa shape index (κ3) is 19.4. The van der Waals surface area contributed by atoms with E-state index in [1.165, 1.54) is 24.3 Å². The van der Waals surface area contributed by atoms with Crippen molar-refractivity contribution < 1.29 is 172 Å². The Morgan fingerprint density at radius 1 is 0.388 bits per heavy atom. The van der Waals surface area contributed by atoms with Crippen molar-refractivity contribution >= 4 is 77.5 Å². The SMILES string of the molecule is CC(=O)OC[C@H]1O[C@@H](O[C@H]2[C@H](OC(C)=O)[C@@H](OC(C)=O)[C@@H]3OC[C@H]2O3)[C@@H](O[C@@H]2OC[C@@H](OC(C)=O)[C@H](OC(C)=O)[C@H]2OC(C)=O)[C@@H](O[C@H]2O[C@H](COC(C)=O)[C@@H](OC(C)=O)[C@H](OC(C)=O)[C@@H]2O[C@@H]2O[C@H](COCc3ccccc3)[C@@H](O)[C@H](OC(C)=O)[C@H]2N2C(=O)c3ccccc3C2=O)[C@@H]1OC(C)=O. The summed E-state index contributed by atoms with van der Waals surface area (Å²) in [5.74, 6) is -13.5. The fourth-order valence-corrected chi connectivity index (χ4v) is 12.8. The molecule has 7 aliphatic heterocycles. The van der Waals surface area contributed by atoms with Gasteiger partial charge in [0.15, 0.2) is 92.5 Å². The third-order valence-corrected chi connectivity index (χ3v) is 16.5. The van der Waals surface area contributed by atoms with Crippen LogP contribution in [0.2, 0.25) is 0 Å². The molecule has 0 aromatic heterocycles. The van der Waals surface area contributed by atoms with Gasteiger partial charge in [-0.2, -0.15) is 0 Å². The molecule has 9 rings (SSSR count). The minimum atomic E-state index is -2.44. The second-order valence-corrected chi connectivity index (χ2v) is 24.5. The summed E-state index contributed by atoms with van der Waals surface area (Å²) < 4.78 is 135. The lowest BCUT2D eigenvalue weighted by Crippen LogP contribution is -2.71. The molecular formula is C66H79NO36. The zero-order valence-corrected chi connectivity index (χ0v) is 57.5. The molecule has 2 aromatic rings. The van der Waals surface area contributed by atoms with Crippen LogP contribution in [0.1, 0.15) is 102 Å². The number of aliphatic hydroxyl groups excluding tert-OH is 1. The fraction of sp³-hybridized carbons (Fsp3) is 0.621. The highest BCUT2D eigenvalue weighted by Crippen LogP contribution is 2.43. The number of hydrogen-bond acceptors (Lipinski definition) is 36. The Hall–Kier alpha value is -8.73. The highest BCUT2D eigenvalue weighted by molar-refractivity contribution is 6.21. The number of hydrogen-bond donors (Lipinski definition) is 1. The molecule has 6 fully saturated rings. The van der Waals surface area contributed by atoms with E-state index in [4.69, 9.17) is 104 Å². The second-order valence-electron chi connectivity index (χ2n) is 24.5. The van der Waals surface area contributed by atoms with Gasteiger partial charge < -0.3 is 109 Å². The molecule has 0 saturated carbocycles. The number of amides is 2. The number of fused-ring (bicyclic) bond motifs is 3. The first-order chi connectivity index (χ1) is 48.9. The van der Waals surface area contributed by atoms with Crippen LogP contribution in [-0.4, -0.2) is 268 Å². The third-order valence-electron chi connectivity index (χ3n) is 16.5. The summed E-state index contributed by atoms with van der Waals surface area (Å²) >= 11 is 0. The standard InChI is InChI=1S/C66H79NO36/c1-27(68)83-23-43-48(88-30(4)71)53(92-34(8)75)58(102-62-46(67-60(80)39-19-15-16-20-40(39)61(67)81)52(91-33(7)74)47(79)41(96-62)22-82-21-38-17-13-12-14-18-38)66(99-43)101-55-49(89-31(5)72)44(24-84-28(2)69)98-65(100-50-45-26-85-63(97-45)57(95-37(11)78)54(50)93-35(9)76)59(55)103-64-56(94-36(10)77)51(90-32(6)73)42(25-86-64)87-29(3)70/h12-20,41-59,62-66,79H,21-26H2,1-11H3/t41-,42-,43-,44-,45-,46-,47-,48-,49-,50-,51+,52-,53+,54+,55+,56-,57-,58+,59+,62+,63-,64+,65+,66-/m1/s1. The van der Waals surface area contributed by atoms with Crippen molar-refractivity contribution in [3.63, 3.8) is 0 Å². The minimum absolute atomic E-state index is 0.126. The molecule has 6 saturated heterocycles. The van der Waals surface area contributed by atoms with Gasteiger partial charge in [-0.05, 0) is 17.7 Å². The number of aliphatic hydroxyl groups is 1. The fourth-order valence-electron chi connectivity index (χ4n) is 12.8. The maximum Gasteiger partial charge on any atom is 0.303 e. The molecule has 7 aliphatic rings. The second kappa shape index (κ2) is 34.7. The van der Waals surface area contributed by atoms with E-state index in [1.807, 2.05) is 0 Å². The first-order valence-electron chi connectivity index (χ1n) is 32.4. The van der Waals surface area contributed by atoms with Crippen LogP contribution >= 0.6 is 0 Å². The molecule has 1 N–H and O–H groups in total. The molecule has 564 valence electrons. The maximum atomic E-state index is 14.9. The first kappa shape index (κ1) is 78.4. The summed E-state index contributed by atoms with van der Waals surface area (Å²) in [5, 5.41) is 12.4. The summed E-state index contributed by atoms with van der Waals surface area (Å²) in [4.78, 5) is 175. The number of esters is 11. The number of carbonyl (C=O) groups is 13. The molecule has 0 unspecified atom stereocenters. The van der Waals surface area contributed by atoms with Crippen LogP contribution in [0.15, 0.2) is 54.6 Å². The van der Waals surface area contributed by atoms with Gasteiger partial charge in [0.05, 0.1) is 37.6 Å². The van der Waals surface area contributed by atoms with E-state index < -0.39 is 251 Å². The molecule has 0 radical (unpaired) electrons. The minimum Gasteiger partial charge on any atom is -0.463 e. The average molecular weight is 1460 g/mol. The Bertz CT molecular complexity index is 3420. The van der Waals surface area contributed by atoms with Crippen molar-refractivity contribution in [1.29, 1.82) is 0 Å². The molecule has 0 aliphatic carbocycles. The van der Waals surface area contributed by atoms with E-state index >= 15 is 0 Å². The van der Waals surface area contributed by atoms with E-state index in [-0.39, 0.29) is 24.3 Å². The number of rotatable bonds is 26. The normalized spacial score (nSPS) is 33.7. The van der Waals surface area contributed by atoms with Gasteiger partial charge in [0.1, 0.15) is 68.1 Å². The van der Waals surface area contributed by atoms with Gasteiger partial charge in [0.2, 0.25) is 0 Å². The molecule has 37 nitrogen and oxygen atoms in total. The summed E-state index contributed by atoms with van der Waals surface area (Å²) in [6, 6.07) is 12.0. The van der Waals surface area contributed by atoms with E-state index in [0.29, 0.717) is 10.5 Å². The lowest BCUT2D eigenvalue weighted by atomic mass is 9.93. The van der Waals surface area contributed by atoms with Gasteiger partial charge >= 0.3 is 65.7 Å². The Labute approximate surface area is 586 Å². The average Bonchev–Trinajstić information content (AvgIpc) is 1.74. The number of benzene rings is 2. The van der Waals surface area contributed by atoms with Gasteiger partial charge in [0, 0.05) is 76.2 Å². The lowest BCUT2D eigenvalue weighted by molar-refractivity contribution is -0.405. The van der Waals surface area contributed by atoms with Gasteiger partial charge in [-0.25, -0.2) is 0 Å². The van der Waals surface area contributed by atoms with Crippen LogP contribution in [0.3, 0.4) is 0 Å². The van der Waals surface area contributed by atoms with Gasteiger partial charge in [-0.15, -0.1) is 0 Å². The van der Waals surface area contributed by atoms with Crippen molar-refractivity contribution in [2.75, 3.05) is 33.0 Å². The Balaban J connectivity index is 1.28. The summed E-state index contributed by atoms with van der Waals surface area (Å²) in [5.41, 5.74) is 0.271. The Kier molecular flexibility index (Phi) is 26.4. The molecule has 24 atom stereocenters. The molecule has 37 heteroatoms. The van der Waals surface area contributed by atoms with Crippen LogP contribution in [0.5, 0.6) is 0 Å². The zero-order chi connectivity index (χ0) is 74.8. The van der Waals surface area contributed by atoms with Crippen molar-refractivity contribution in [3.8, 4) is 0 Å². The summed E-state index contributed by atoms with van der Waals surface area (Å²) in [7, 11) is 0. The molecule has 103 heavy (non-hydrogen) atoms. The van der Waals surface area contributed by atoms with Gasteiger partial charge in [-0.1, -0.05) is 42.5 Å². The van der Waals surface area contributed by atoms with Crippen molar-refractivity contribution in [1.82, 2.24) is 4.90 Å². The monoisotopic (exact) mass is 1460 g/mol. The quantitative estimate of drug-likeness (QED) is 0.0709. The first-order valence-corrected chi connectivity index (χ1v) is 32.4. The smallest absolute Gasteiger partial charge is 0.303 e. The van der Waals surface area contributed by atoms with Gasteiger partial charge in [-0.3, -0.25) is 67.2 Å². The van der Waals surface area contributed by atoms with E-state index in [9.17, 15) is 67.4 Å². The van der Waals surface area contributed by atoms with E-state index in [0.717, 1.165) is 76.2 Å². The predicted octanol–water partition coefficient (Wildman–Crippen LogP) is -0.433. The van der Waals surface area contributed by atoms with Crippen LogP contribution in [0.4, 0.5) is 0 Å². The highest BCUT2D eigenvalue weighted by Gasteiger charge is 2.64. The molecule has 0 spiro atoms. The van der Waals surface area contributed by atoms with Crippen LogP contribution in [-0.2, 0) is 164 Å². The van der Waals surface area contributed by atoms with Crippen LogP contribution in [0.25, 0.3) is 0 Å². The molecule has 7 heterocycles. The van der Waals surface area contributed by atoms with Crippen LogP contribution in [0, 0.1) is 0 Å². The Morgan fingerprint density at radius 3 is 1.33 bits per heavy atom. The molecule has 2 amide bonds. The van der Waals surface area contributed by atoms with E-state index in [2.05, 4.69) is 0 Å². The lowest BCUT2D eigenvalue weighted by Gasteiger charge is -2.52. The summed E-state index contributed by atoms with van der Waals surface area (Å²) in [6.07, 6.45) is -44.8. The number of imide groups is 1. The maximum absolute atomic E-state index is 14.9. The van der Waals surface area contributed by atoms with Gasteiger partial charge in [0.25, 0.3) is 11.8 Å². The van der Waals surface area contributed by atoms with Crippen LogP contribution < -0.4 is 0 Å². The highest BCUT2D eigenvalue weighted by atomic mass is 16.8.